The Bertz CT molecular complexity index is 1370. The third-order valence-corrected chi connectivity index (χ3v) is 6.55. The van der Waals surface area contributed by atoms with E-state index in [2.05, 4.69) is 24.2 Å². The van der Waals surface area contributed by atoms with Gasteiger partial charge in [0.2, 0.25) is 0 Å². The van der Waals surface area contributed by atoms with Gasteiger partial charge < -0.3 is 15.2 Å². The fraction of sp³-hybridized carbons (Fsp3) is 0.304. The highest BCUT2D eigenvalue weighted by Gasteiger charge is 2.28. The number of alkyl halides is 6. The number of nitrogens with two attached hydrogens (primary N) is 1. The highest BCUT2D eigenvalue weighted by Crippen LogP contribution is 2.30. The molecule has 220 valence electrons. The molecule has 17 heteroatoms. The number of anilines is 2. The molecular weight excluding hydrogens is 613 g/mol. The molecule has 0 aliphatic rings. The minimum absolute atomic E-state index is 0.0628. The maximum absolute atomic E-state index is 12.6. The average Bonchev–Trinajstić information content (AvgIpc) is 2.77. The third-order valence-electron chi connectivity index (χ3n) is 4.37. The lowest BCUT2D eigenvalue weighted by Gasteiger charge is -2.13. The number of sulfonamides is 1. The van der Waals surface area contributed by atoms with Crippen LogP contribution in [0.25, 0.3) is 0 Å². The van der Waals surface area contributed by atoms with Crippen LogP contribution >= 0.6 is 23.2 Å². The van der Waals surface area contributed by atoms with Gasteiger partial charge in [0, 0.05) is 5.02 Å². The summed E-state index contributed by atoms with van der Waals surface area (Å²) in [6, 6.07) is 11.6. The van der Waals surface area contributed by atoms with Crippen LogP contribution in [0.3, 0.4) is 0 Å². The summed E-state index contributed by atoms with van der Waals surface area (Å²) in [6.45, 7) is -1.78. The van der Waals surface area contributed by atoms with E-state index in [1.54, 1.807) is 18.2 Å². The number of benzene rings is 1. The highest BCUT2D eigenvalue weighted by atomic mass is 35.5. The van der Waals surface area contributed by atoms with E-state index in [1.165, 1.54) is 37.3 Å². The lowest BCUT2D eigenvalue weighted by atomic mass is 10.2. The van der Waals surface area contributed by atoms with Crippen LogP contribution in [0, 0.1) is 6.92 Å². The molecule has 2 heterocycles. The molecule has 0 unspecified atom stereocenters. The molecule has 2 aromatic heterocycles. The van der Waals surface area contributed by atoms with Gasteiger partial charge in [-0.3, -0.25) is 4.72 Å². The predicted molar refractivity (Wildman–Crippen MR) is 136 cm³/mol. The van der Waals surface area contributed by atoms with Crippen LogP contribution in [0.2, 0.25) is 10.0 Å². The Balaban J connectivity index is 0.000000337. The summed E-state index contributed by atoms with van der Waals surface area (Å²) in [7, 11) is -4.08. The van der Waals surface area contributed by atoms with E-state index in [9.17, 15) is 34.8 Å². The summed E-state index contributed by atoms with van der Waals surface area (Å²) >= 11 is 11.8. The van der Waals surface area contributed by atoms with E-state index in [-0.39, 0.29) is 38.9 Å². The zero-order chi connectivity index (χ0) is 30.1. The normalized spacial score (nSPS) is 12.0. The molecule has 40 heavy (non-hydrogen) atoms. The largest absolute Gasteiger partial charge is 0.411 e. The SMILES string of the molecule is Cc1cc(Cl)cc(Cl)c1S(=O)(=O)Nc1cccc(COCC(F)(F)F)n1.Nc1cccc(COCC(F)(F)F)n1. The van der Waals surface area contributed by atoms with Crippen molar-refractivity contribution in [3.8, 4) is 0 Å². The molecule has 0 aliphatic carbocycles. The van der Waals surface area contributed by atoms with Gasteiger partial charge in [-0.2, -0.15) is 26.3 Å². The summed E-state index contributed by atoms with van der Waals surface area (Å²) in [5.74, 6) is 0.182. The number of halogens is 8. The van der Waals surface area contributed by atoms with Gasteiger partial charge in [0.05, 0.1) is 29.6 Å². The molecule has 0 saturated carbocycles. The fourth-order valence-corrected chi connectivity index (χ4v) is 5.15. The number of aromatic nitrogens is 2. The Morgan fingerprint density at radius 3 is 1.90 bits per heavy atom. The zero-order valence-corrected chi connectivity index (χ0v) is 22.8. The maximum Gasteiger partial charge on any atom is 0.411 e. The van der Waals surface area contributed by atoms with Crippen molar-refractivity contribution in [1.29, 1.82) is 0 Å². The van der Waals surface area contributed by atoms with Gasteiger partial charge in [0.1, 0.15) is 29.7 Å². The predicted octanol–water partition coefficient (Wildman–Crippen LogP) is 6.32. The first kappa shape index (κ1) is 33.4. The van der Waals surface area contributed by atoms with Crippen molar-refractivity contribution in [2.75, 3.05) is 23.7 Å². The molecule has 3 N–H and O–H groups in total. The highest BCUT2D eigenvalue weighted by molar-refractivity contribution is 7.92. The Morgan fingerprint density at radius 1 is 0.875 bits per heavy atom. The number of hydrogen-bond donors (Lipinski definition) is 2. The van der Waals surface area contributed by atoms with Gasteiger partial charge in [-0.15, -0.1) is 0 Å². The molecule has 3 rings (SSSR count). The molecule has 0 radical (unpaired) electrons. The van der Waals surface area contributed by atoms with Crippen molar-refractivity contribution in [2.24, 2.45) is 0 Å². The van der Waals surface area contributed by atoms with Gasteiger partial charge in [-0.25, -0.2) is 18.4 Å². The van der Waals surface area contributed by atoms with Gasteiger partial charge in [0.15, 0.2) is 0 Å². The van der Waals surface area contributed by atoms with Crippen molar-refractivity contribution < 1.29 is 44.2 Å². The number of nitrogen functional groups attached to an aromatic ring is 1. The van der Waals surface area contributed by atoms with Gasteiger partial charge >= 0.3 is 12.4 Å². The molecule has 0 bridgehead atoms. The number of hydrogen-bond acceptors (Lipinski definition) is 7. The minimum Gasteiger partial charge on any atom is -0.384 e. The molecule has 0 atom stereocenters. The topological polar surface area (TPSA) is 116 Å². The monoisotopic (exact) mass is 634 g/mol. The molecule has 0 amide bonds. The van der Waals surface area contributed by atoms with Crippen molar-refractivity contribution in [1.82, 2.24) is 9.97 Å². The van der Waals surface area contributed by atoms with E-state index >= 15 is 0 Å². The maximum atomic E-state index is 12.6. The summed E-state index contributed by atoms with van der Waals surface area (Å²) in [4.78, 5) is 7.54. The molecule has 8 nitrogen and oxygen atoms in total. The first-order valence-electron chi connectivity index (χ1n) is 10.9. The van der Waals surface area contributed by atoms with Crippen LogP contribution in [0.1, 0.15) is 17.0 Å². The Kier molecular flexibility index (Phi) is 11.8. The van der Waals surface area contributed by atoms with E-state index in [4.69, 9.17) is 28.9 Å². The van der Waals surface area contributed by atoms with Crippen LogP contribution in [-0.2, 0) is 32.7 Å². The lowest BCUT2D eigenvalue weighted by molar-refractivity contribution is -0.177. The van der Waals surface area contributed by atoms with E-state index in [0.717, 1.165) is 0 Å². The summed E-state index contributed by atoms with van der Waals surface area (Å²) < 4.78 is 108. The van der Waals surface area contributed by atoms with Crippen LogP contribution in [0.5, 0.6) is 0 Å². The molecule has 1 aromatic carbocycles. The Morgan fingerprint density at radius 2 is 1.40 bits per heavy atom. The van der Waals surface area contributed by atoms with Crippen LogP contribution in [0.15, 0.2) is 53.4 Å². The second-order valence-electron chi connectivity index (χ2n) is 7.92. The van der Waals surface area contributed by atoms with Crippen LogP contribution in [-0.4, -0.2) is 44.0 Å². The standard InChI is InChI=1S/C15H13Cl2F3N2O3S.C8H9F3N2O/c1-9-5-10(16)6-12(17)14(9)26(23,24)22-13-4-2-3-11(21-13)7-25-8-15(18,19)20;9-8(10,11)5-14-4-6-2-1-3-7(12)13-6/h2-6H,7-8H2,1H3,(H,21,22);1-3H,4-5H2,(H2,12,13). The second-order valence-corrected chi connectivity index (χ2v) is 10.4. The number of rotatable bonds is 9. The Hall–Kier alpha value is -2.85. The van der Waals surface area contributed by atoms with E-state index in [1.807, 2.05) is 0 Å². The van der Waals surface area contributed by atoms with Crippen molar-refractivity contribution in [3.63, 3.8) is 0 Å². The number of ether oxygens (including phenoxy) is 2. The summed E-state index contributed by atoms with van der Waals surface area (Å²) in [5, 5.41) is 0.223. The van der Waals surface area contributed by atoms with Crippen LogP contribution < -0.4 is 10.5 Å². The van der Waals surface area contributed by atoms with E-state index < -0.39 is 42.2 Å². The van der Waals surface area contributed by atoms with Crippen molar-refractivity contribution >= 4 is 44.9 Å². The van der Waals surface area contributed by atoms with Gasteiger partial charge in [-0.1, -0.05) is 35.3 Å². The van der Waals surface area contributed by atoms with Crippen molar-refractivity contribution in [2.45, 2.75) is 37.4 Å². The molecule has 3 aromatic rings. The Labute approximate surface area is 235 Å². The van der Waals surface area contributed by atoms with Gasteiger partial charge in [0.25, 0.3) is 10.0 Å². The number of aryl methyl sites for hydroxylation is 1. The lowest BCUT2D eigenvalue weighted by Crippen LogP contribution is -2.18. The summed E-state index contributed by atoms with van der Waals surface area (Å²) in [5.41, 5.74) is 6.18. The molecule has 0 saturated heterocycles. The second kappa shape index (κ2) is 14.2. The molecule has 0 spiro atoms. The first-order valence-corrected chi connectivity index (χ1v) is 13.1. The summed E-state index contributed by atoms with van der Waals surface area (Å²) in [6.07, 6.45) is -8.76. The van der Waals surface area contributed by atoms with Crippen LogP contribution in [0.4, 0.5) is 38.0 Å². The quantitative estimate of drug-likeness (QED) is 0.265. The molecule has 0 aliphatic heterocycles. The van der Waals surface area contributed by atoms with Crippen molar-refractivity contribution in [3.05, 3.63) is 75.5 Å². The molecular formula is C23H22Cl2F6N4O4S. The minimum atomic E-state index is -4.46. The third kappa shape index (κ3) is 12.1. The van der Waals surface area contributed by atoms with Gasteiger partial charge in [-0.05, 0) is 48.9 Å². The van der Waals surface area contributed by atoms with E-state index in [0.29, 0.717) is 11.3 Å². The first-order chi connectivity index (χ1) is 18.4. The average molecular weight is 635 g/mol. The number of nitrogens with one attached hydrogen (secondary N) is 1. The fourth-order valence-electron chi connectivity index (χ4n) is 2.96. The molecule has 0 fully saturated rings. The smallest absolute Gasteiger partial charge is 0.384 e. The number of nitrogens with zero attached hydrogens (tertiary/aromatic N) is 2. The zero-order valence-electron chi connectivity index (χ0n) is 20.5. The number of pyridine rings is 2.